The lowest BCUT2D eigenvalue weighted by Crippen LogP contribution is -2.58. The summed E-state index contributed by atoms with van der Waals surface area (Å²) in [6, 6.07) is 15.1. The van der Waals surface area contributed by atoms with Crippen LogP contribution >= 0.6 is 23.2 Å². The fourth-order valence-corrected chi connectivity index (χ4v) is 5.64. The molecular formula is C27H35Cl2NO4. The molecule has 1 unspecified atom stereocenters. The molecule has 1 saturated heterocycles. The molecule has 1 heterocycles. The Bertz CT molecular complexity index is 969. The summed E-state index contributed by atoms with van der Waals surface area (Å²) < 4.78 is 10.9. The van der Waals surface area contributed by atoms with Crippen molar-refractivity contribution in [3.63, 3.8) is 0 Å². The van der Waals surface area contributed by atoms with Crippen LogP contribution in [-0.2, 0) is 14.3 Å². The van der Waals surface area contributed by atoms with Gasteiger partial charge in [0.1, 0.15) is 0 Å². The standard InChI is InChI=1S/C27H35Cl2NO4/c1-6-23(17(2)33-4)30-25(18-10-12-20(28)13-11-18)22(19-8-7-9-21(29)14-19)15-27(3,26(30)32)16-24(31)34-5/h7-14,17,22-25,31H,6,15-16H2,1-5H3/t17-,22+,23-,24?,25+,27+/m0/s1. The molecule has 5 nitrogen and oxygen atoms in total. The quantitative estimate of drug-likeness (QED) is 0.409. The largest absolute Gasteiger partial charge is 0.380 e. The van der Waals surface area contributed by atoms with Crippen LogP contribution in [0.1, 0.15) is 63.1 Å². The van der Waals surface area contributed by atoms with E-state index in [0.29, 0.717) is 16.5 Å². The number of hydrogen-bond donors (Lipinski definition) is 1. The van der Waals surface area contributed by atoms with Gasteiger partial charge in [0.25, 0.3) is 0 Å². The molecule has 6 atom stereocenters. The molecule has 2 aromatic rings. The normalized spacial score (nSPS) is 25.8. The Morgan fingerprint density at radius 1 is 1.09 bits per heavy atom. The maximum absolute atomic E-state index is 14.3. The maximum atomic E-state index is 14.3. The van der Waals surface area contributed by atoms with Gasteiger partial charge in [0.05, 0.1) is 23.6 Å². The third-order valence-corrected chi connectivity index (χ3v) is 7.66. The number of ether oxygens (including phenoxy) is 2. The summed E-state index contributed by atoms with van der Waals surface area (Å²) in [4.78, 5) is 16.2. The Morgan fingerprint density at radius 2 is 1.76 bits per heavy atom. The van der Waals surface area contributed by atoms with E-state index < -0.39 is 11.7 Å². The molecule has 0 spiro atoms. The number of amides is 1. The number of carbonyl (C=O) groups excluding carboxylic acids is 1. The van der Waals surface area contributed by atoms with E-state index in [1.807, 2.05) is 61.2 Å². The maximum Gasteiger partial charge on any atom is 0.229 e. The summed E-state index contributed by atoms with van der Waals surface area (Å²) in [5, 5.41) is 11.7. The van der Waals surface area contributed by atoms with Crippen LogP contribution in [0.4, 0.5) is 0 Å². The van der Waals surface area contributed by atoms with E-state index in [4.69, 9.17) is 32.7 Å². The summed E-state index contributed by atoms with van der Waals surface area (Å²) in [5.74, 6) is -0.0812. The van der Waals surface area contributed by atoms with Crippen LogP contribution in [0.2, 0.25) is 10.0 Å². The average Bonchev–Trinajstić information content (AvgIpc) is 2.82. The number of piperidine rings is 1. The predicted octanol–water partition coefficient (Wildman–Crippen LogP) is 6.23. The lowest BCUT2D eigenvalue weighted by molar-refractivity contribution is -0.169. The molecule has 7 heteroatoms. The molecular weight excluding hydrogens is 473 g/mol. The van der Waals surface area contributed by atoms with Crippen molar-refractivity contribution in [2.75, 3.05) is 14.2 Å². The minimum atomic E-state index is -1.04. The van der Waals surface area contributed by atoms with E-state index in [1.165, 1.54) is 7.11 Å². The molecule has 1 fully saturated rings. The van der Waals surface area contributed by atoms with Crippen molar-refractivity contribution in [2.45, 2.75) is 70.4 Å². The molecule has 1 aliphatic heterocycles. The van der Waals surface area contributed by atoms with Crippen LogP contribution < -0.4 is 0 Å². The van der Waals surface area contributed by atoms with E-state index in [1.54, 1.807) is 7.11 Å². The summed E-state index contributed by atoms with van der Waals surface area (Å²) in [7, 11) is 3.12. The zero-order valence-corrected chi connectivity index (χ0v) is 22.0. The molecule has 2 aromatic carbocycles. The summed E-state index contributed by atoms with van der Waals surface area (Å²) in [6.07, 6.45) is 0.229. The highest BCUT2D eigenvalue weighted by Gasteiger charge is 2.52. The van der Waals surface area contributed by atoms with Gasteiger partial charge in [0, 0.05) is 36.6 Å². The minimum Gasteiger partial charge on any atom is -0.380 e. The van der Waals surface area contributed by atoms with Gasteiger partial charge in [-0.05, 0) is 55.2 Å². The first-order valence-electron chi connectivity index (χ1n) is 11.7. The number of benzene rings is 2. The van der Waals surface area contributed by atoms with Crippen LogP contribution in [0.5, 0.6) is 0 Å². The molecule has 186 valence electrons. The van der Waals surface area contributed by atoms with Crippen LogP contribution in [-0.4, -0.2) is 48.6 Å². The number of halogens is 2. The first-order valence-corrected chi connectivity index (χ1v) is 12.5. The number of nitrogens with zero attached hydrogens (tertiary/aromatic N) is 1. The van der Waals surface area contributed by atoms with Gasteiger partial charge in [-0.25, -0.2) is 0 Å². The molecule has 1 aliphatic rings. The van der Waals surface area contributed by atoms with E-state index in [9.17, 15) is 9.90 Å². The molecule has 3 rings (SSSR count). The fourth-order valence-electron chi connectivity index (χ4n) is 5.31. The number of rotatable bonds is 9. The van der Waals surface area contributed by atoms with Crippen LogP contribution in [0, 0.1) is 5.41 Å². The zero-order chi connectivity index (χ0) is 25.0. The smallest absolute Gasteiger partial charge is 0.229 e. The topological polar surface area (TPSA) is 59.0 Å². The number of carbonyl (C=O) groups is 1. The second-order valence-electron chi connectivity index (χ2n) is 9.45. The van der Waals surface area contributed by atoms with Gasteiger partial charge >= 0.3 is 0 Å². The van der Waals surface area contributed by atoms with E-state index in [-0.39, 0.29) is 36.4 Å². The van der Waals surface area contributed by atoms with Gasteiger partial charge in [0.2, 0.25) is 5.91 Å². The van der Waals surface area contributed by atoms with Crippen molar-refractivity contribution >= 4 is 29.1 Å². The Labute approximate surface area is 213 Å². The molecule has 0 bridgehead atoms. The van der Waals surface area contributed by atoms with Gasteiger partial charge in [-0.15, -0.1) is 0 Å². The SMILES string of the molecule is CC[C@@H]([C@H](C)OC)N1C(=O)[C@@](C)(CC(O)OC)C[C@H](c2cccc(Cl)c2)[C@H]1c1ccc(Cl)cc1. The van der Waals surface area contributed by atoms with Crippen LogP contribution in [0.3, 0.4) is 0 Å². The van der Waals surface area contributed by atoms with Gasteiger partial charge in [-0.3, -0.25) is 4.79 Å². The van der Waals surface area contributed by atoms with E-state index in [0.717, 1.165) is 17.5 Å². The highest BCUT2D eigenvalue weighted by molar-refractivity contribution is 6.30. The predicted molar refractivity (Wildman–Crippen MR) is 136 cm³/mol. The Balaban J connectivity index is 2.24. The third kappa shape index (κ3) is 5.60. The Kier molecular flexibility index (Phi) is 9.04. The second kappa shape index (κ2) is 11.4. The van der Waals surface area contributed by atoms with Crippen molar-refractivity contribution in [1.29, 1.82) is 0 Å². The van der Waals surface area contributed by atoms with Crippen molar-refractivity contribution < 1.29 is 19.4 Å². The number of likely N-dealkylation sites (tertiary alicyclic amines) is 1. The molecule has 0 radical (unpaired) electrons. The summed E-state index contributed by atoms with van der Waals surface area (Å²) in [5.41, 5.74) is 1.20. The number of aliphatic hydroxyl groups is 1. The minimum absolute atomic E-state index is 0.0161. The lowest BCUT2D eigenvalue weighted by atomic mass is 9.66. The van der Waals surface area contributed by atoms with Gasteiger partial charge in [-0.1, -0.05) is 61.3 Å². The number of methoxy groups -OCH3 is 2. The average molecular weight is 508 g/mol. The van der Waals surface area contributed by atoms with Gasteiger partial charge < -0.3 is 19.5 Å². The van der Waals surface area contributed by atoms with Crippen LogP contribution in [0.25, 0.3) is 0 Å². The fraction of sp³-hybridized carbons (Fsp3) is 0.519. The molecule has 34 heavy (non-hydrogen) atoms. The van der Waals surface area contributed by atoms with Crippen molar-refractivity contribution in [2.24, 2.45) is 5.41 Å². The second-order valence-corrected chi connectivity index (χ2v) is 10.3. The van der Waals surface area contributed by atoms with E-state index >= 15 is 0 Å². The van der Waals surface area contributed by atoms with Crippen molar-refractivity contribution in [1.82, 2.24) is 4.90 Å². The molecule has 1 N–H and O–H groups in total. The van der Waals surface area contributed by atoms with Crippen molar-refractivity contribution in [3.8, 4) is 0 Å². The number of hydrogen-bond acceptors (Lipinski definition) is 4. The first-order chi connectivity index (χ1) is 16.1. The molecule has 1 amide bonds. The first kappa shape index (κ1) is 27.0. The highest BCUT2D eigenvalue weighted by Crippen LogP contribution is 2.52. The highest BCUT2D eigenvalue weighted by atomic mass is 35.5. The van der Waals surface area contributed by atoms with Crippen LogP contribution in [0.15, 0.2) is 48.5 Å². The molecule has 0 aromatic heterocycles. The Hall–Kier alpha value is -1.63. The van der Waals surface area contributed by atoms with Gasteiger partial charge in [-0.2, -0.15) is 0 Å². The van der Waals surface area contributed by atoms with Gasteiger partial charge in [0.15, 0.2) is 6.29 Å². The third-order valence-electron chi connectivity index (χ3n) is 7.18. The lowest BCUT2D eigenvalue weighted by Gasteiger charge is -2.53. The number of aliphatic hydroxyl groups excluding tert-OH is 1. The van der Waals surface area contributed by atoms with E-state index in [2.05, 4.69) is 13.0 Å². The summed E-state index contributed by atoms with van der Waals surface area (Å²) >= 11 is 12.6. The monoisotopic (exact) mass is 507 g/mol. The molecule has 0 aliphatic carbocycles. The zero-order valence-electron chi connectivity index (χ0n) is 20.5. The molecule has 0 saturated carbocycles. The Morgan fingerprint density at radius 3 is 2.32 bits per heavy atom. The summed E-state index contributed by atoms with van der Waals surface area (Å²) in [6.45, 7) is 5.98. The van der Waals surface area contributed by atoms with Crippen molar-refractivity contribution in [3.05, 3.63) is 69.7 Å².